The number of amides is 1. The van der Waals surface area contributed by atoms with E-state index >= 15 is 0 Å². The number of nitrogens with one attached hydrogen (secondary N) is 2. The maximum absolute atomic E-state index is 13.2. The van der Waals surface area contributed by atoms with Gasteiger partial charge in [-0.3, -0.25) is 14.3 Å². The van der Waals surface area contributed by atoms with Crippen LogP contribution in [-0.4, -0.2) is 71.3 Å². The van der Waals surface area contributed by atoms with Crippen LogP contribution in [0.5, 0.6) is 5.75 Å². The molecule has 13 heteroatoms. The van der Waals surface area contributed by atoms with Crippen molar-refractivity contribution in [3.05, 3.63) is 135 Å². The molecule has 1 amide bonds. The van der Waals surface area contributed by atoms with Crippen LogP contribution in [0.15, 0.2) is 111 Å². The lowest BCUT2D eigenvalue weighted by Gasteiger charge is -2.48. The second-order valence-corrected chi connectivity index (χ2v) is 22.7. The minimum atomic E-state index is -2.28. The third kappa shape index (κ3) is 8.74. The first-order valence-corrected chi connectivity index (χ1v) is 24.0. The van der Waals surface area contributed by atoms with Crippen molar-refractivity contribution in [1.29, 1.82) is 0 Å². The number of oxazole rings is 1. The third-order valence-corrected chi connectivity index (χ3v) is 17.5. The van der Waals surface area contributed by atoms with Crippen LogP contribution in [0.3, 0.4) is 0 Å². The number of hydrogen-bond donors (Lipinski definition) is 4. The van der Waals surface area contributed by atoms with Crippen molar-refractivity contribution in [3.63, 3.8) is 0 Å². The Morgan fingerprint density at radius 3 is 2.49 bits per heavy atom. The maximum Gasteiger partial charge on any atom is 0.420 e. The largest absolute Gasteiger partial charge is 0.506 e. The molecule has 5 heterocycles. The minimum absolute atomic E-state index is 0.00000197. The van der Waals surface area contributed by atoms with Gasteiger partial charge in [-0.1, -0.05) is 87.5 Å². The highest BCUT2D eigenvalue weighted by molar-refractivity contribution is 6.74. The molecule has 6 aromatic rings. The van der Waals surface area contributed by atoms with E-state index in [2.05, 4.69) is 49.1 Å². The van der Waals surface area contributed by atoms with E-state index in [-0.39, 0.29) is 35.0 Å². The van der Waals surface area contributed by atoms with Crippen molar-refractivity contribution >= 4 is 48.2 Å². The molecule has 2 atom stereocenters. The summed E-state index contributed by atoms with van der Waals surface area (Å²) in [5.41, 5.74) is 6.34. The van der Waals surface area contributed by atoms with Crippen LogP contribution in [0.25, 0.3) is 39.2 Å². The van der Waals surface area contributed by atoms with Crippen molar-refractivity contribution < 1.29 is 23.9 Å². The number of hydrogen-bond acceptors (Lipinski definition) is 8. The van der Waals surface area contributed by atoms with E-state index in [1.165, 1.54) is 6.07 Å². The van der Waals surface area contributed by atoms with Gasteiger partial charge < -0.3 is 34.3 Å². The van der Waals surface area contributed by atoms with Gasteiger partial charge in [0.05, 0.1) is 28.9 Å². The highest BCUT2D eigenvalue weighted by atomic mass is 28.4. The van der Waals surface area contributed by atoms with Crippen molar-refractivity contribution in [1.82, 2.24) is 19.8 Å². The molecule has 2 bridgehead atoms. The summed E-state index contributed by atoms with van der Waals surface area (Å²) in [7, 11) is -2.28. The Labute approximate surface area is 356 Å². The number of benzene rings is 4. The molecule has 2 aromatic heterocycles. The molecule has 0 unspecified atom stereocenters. The predicted octanol–water partition coefficient (Wildman–Crippen LogP) is 8.95. The summed E-state index contributed by atoms with van der Waals surface area (Å²) >= 11 is 0. The van der Waals surface area contributed by atoms with E-state index in [0.717, 1.165) is 65.7 Å². The van der Waals surface area contributed by atoms with Crippen LogP contribution in [0.1, 0.15) is 56.4 Å². The number of aromatic amines is 1. The van der Waals surface area contributed by atoms with Crippen LogP contribution in [0.2, 0.25) is 18.1 Å². The standard InChI is InChI=1S/C48H55N5O7Si/c1-48(2,3)61(4,5)60-43(36-16-18-41(54)45-37(36)17-20-44(55)50-45)29-49-28-32-14-19-42-39(27-32)52(47(58)59-42)23-9-10-31-13-15-35(33-11-7-6-8-12-33)38(26-31)53(46(56)57)40-30-51-24-21-34(40)22-25-51/h6-20,26-27,34,40,43,49,54H,21-25,28-30H2,1-5H3,(H,50,55)(H,56,57)/b10-9+/t40-,43+/m0/s1. The maximum atomic E-state index is 13.2. The number of allylic oxidation sites excluding steroid dienone is 1. The smallest absolute Gasteiger partial charge is 0.420 e. The Morgan fingerprint density at radius 1 is 1.02 bits per heavy atom. The van der Waals surface area contributed by atoms with E-state index in [9.17, 15) is 24.6 Å². The number of carbonyl (C=O) groups is 1. The molecular formula is C48H55N5O7Si. The monoisotopic (exact) mass is 841 g/mol. The Hall–Kier alpha value is -5.73. The lowest BCUT2D eigenvalue weighted by atomic mass is 9.82. The summed E-state index contributed by atoms with van der Waals surface area (Å²) in [6.07, 6.45) is 4.48. The van der Waals surface area contributed by atoms with Gasteiger partial charge in [-0.2, -0.15) is 0 Å². The number of piperidine rings is 3. The van der Waals surface area contributed by atoms with Gasteiger partial charge in [0.25, 0.3) is 0 Å². The number of aromatic nitrogens is 2. The number of phenols is 1. The average molecular weight is 842 g/mol. The highest BCUT2D eigenvalue weighted by Crippen LogP contribution is 2.42. The zero-order chi connectivity index (χ0) is 43.1. The fourth-order valence-corrected chi connectivity index (χ4v) is 9.96. The van der Waals surface area contributed by atoms with Crippen molar-refractivity contribution in [2.24, 2.45) is 5.92 Å². The molecule has 3 aliphatic rings. The molecule has 3 saturated heterocycles. The number of phenolic OH excluding ortho intramolecular Hbond substituents is 1. The van der Waals surface area contributed by atoms with E-state index in [4.69, 9.17) is 8.84 Å². The summed E-state index contributed by atoms with van der Waals surface area (Å²) in [5.74, 6) is -0.153. The fraction of sp³-hybridized carbons (Fsp3) is 0.354. The third-order valence-electron chi connectivity index (χ3n) is 13.0. The first-order valence-electron chi connectivity index (χ1n) is 21.1. The first kappa shape index (κ1) is 42.0. The summed E-state index contributed by atoms with van der Waals surface area (Å²) in [6.45, 7) is 14.9. The summed E-state index contributed by atoms with van der Waals surface area (Å²) < 4.78 is 14.2. The van der Waals surface area contributed by atoms with E-state index < -0.39 is 20.2 Å². The van der Waals surface area contributed by atoms with Gasteiger partial charge in [-0.15, -0.1) is 0 Å². The molecule has 318 valence electrons. The quantitative estimate of drug-likeness (QED) is 0.0835. The Bertz CT molecular complexity index is 2710. The molecule has 4 aromatic carbocycles. The number of carboxylic acid groups (broad SMARTS) is 1. The molecule has 9 rings (SSSR count). The van der Waals surface area contributed by atoms with Gasteiger partial charge >= 0.3 is 11.8 Å². The molecular weight excluding hydrogens is 787 g/mol. The Kier molecular flexibility index (Phi) is 11.7. The van der Waals surface area contributed by atoms with Gasteiger partial charge in [0.2, 0.25) is 5.56 Å². The van der Waals surface area contributed by atoms with Crippen LogP contribution in [0, 0.1) is 5.92 Å². The summed E-state index contributed by atoms with van der Waals surface area (Å²) in [4.78, 5) is 45.2. The zero-order valence-corrected chi connectivity index (χ0v) is 36.5. The highest BCUT2D eigenvalue weighted by Gasteiger charge is 2.41. The van der Waals surface area contributed by atoms with Crippen LogP contribution in [-0.2, 0) is 17.5 Å². The van der Waals surface area contributed by atoms with Gasteiger partial charge in [0.15, 0.2) is 13.9 Å². The van der Waals surface area contributed by atoms with Gasteiger partial charge in [0, 0.05) is 43.2 Å². The number of fused-ring (bicyclic) bond motifs is 5. The molecule has 12 nitrogen and oxygen atoms in total. The molecule has 0 saturated carbocycles. The lowest BCUT2D eigenvalue weighted by Crippen LogP contribution is -2.59. The molecule has 3 fully saturated rings. The summed E-state index contributed by atoms with van der Waals surface area (Å²) in [6, 6.07) is 28.0. The molecule has 0 aliphatic carbocycles. The van der Waals surface area contributed by atoms with Crippen LogP contribution >= 0.6 is 0 Å². The van der Waals surface area contributed by atoms with Crippen LogP contribution < -0.4 is 21.5 Å². The lowest BCUT2D eigenvalue weighted by molar-refractivity contribution is 0.0838. The number of nitrogens with zero attached hydrogens (tertiary/aromatic N) is 3. The van der Waals surface area contributed by atoms with Gasteiger partial charge in [-0.05, 0) is 103 Å². The van der Waals surface area contributed by atoms with Crippen molar-refractivity contribution in [2.75, 3.05) is 31.1 Å². The second-order valence-electron chi connectivity index (χ2n) is 18.0. The van der Waals surface area contributed by atoms with Gasteiger partial charge in [0.1, 0.15) is 5.75 Å². The second kappa shape index (κ2) is 17.0. The molecule has 4 N–H and O–H groups in total. The van der Waals surface area contributed by atoms with E-state index in [1.807, 2.05) is 84.9 Å². The predicted molar refractivity (Wildman–Crippen MR) is 244 cm³/mol. The van der Waals surface area contributed by atoms with Crippen molar-refractivity contribution in [2.45, 2.75) is 77.0 Å². The van der Waals surface area contributed by atoms with Gasteiger partial charge in [-0.25, -0.2) is 9.59 Å². The molecule has 0 radical (unpaired) electrons. The Balaban J connectivity index is 1.03. The average Bonchev–Trinajstić information content (AvgIpc) is 3.55. The topological polar surface area (TPSA) is 153 Å². The molecule has 3 aliphatic heterocycles. The van der Waals surface area contributed by atoms with E-state index in [1.54, 1.807) is 21.6 Å². The van der Waals surface area contributed by atoms with Crippen molar-refractivity contribution in [3.8, 4) is 16.9 Å². The first-order chi connectivity index (χ1) is 29.2. The zero-order valence-electron chi connectivity index (χ0n) is 35.5. The SMILES string of the molecule is CC(C)(C)[Si](C)(C)O[C@H](CNCc1ccc2oc(=O)n(C/C=C/c3ccc(-c4ccccc4)c(N(C(=O)O)[C@H]4CN5CCC4CC5)c3)c2c1)c1ccc(O)c2[nH]c(=O)ccc12. The normalized spacial score (nSPS) is 18.6. The number of rotatable bonds is 13. The van der Waals surface area contributed by atoms with Crippen LogP contribution in [0.4, 0.5) is 10.5 Å². The fourth-order valence-electron chi connectivity index (χ4n) is 8.68. The number of anilines is 1. The number of aromatic hydroxyl groups is 1. The summed E-state index contributed by atoms with van der Waals surface area (Å²) in [5, 5.41) is 25.5. The number of H-pyrrole nitrogens is 1. The Morgan fingerprint density at radius 2 is 1.79 bits per heavy atom. The molecule has 0 spiro atoms. The minimum Gasteiger partial charge on any atom is -0.506 e. The van der Waals surface area contributed by atoms with E-state index in [0.29, 0.717) is 41.3 Å². The number of pyridine rings is 1. The molecule has 61 heavy (non-hydrogen) atoms.